The molecule has 0 atom stereocenters. The van der Waals surface area contributed by atoms with Gasteiger partial charge in [0.15, 0.2) is 0 Å². The third-order valence-electron chi connectivity index (χ3n) is 2.44. The standard InChI is InChI=1S/C11H10N4O4/c1-5-9(11(18)19)6(2-12-5)15-10(17)7-3-14-8(16)4-13-7/h2-4,12H,1H3,(H,14,16)(H,15,17)(H,18,19). The van der Waals surface area contributed by atoms with E-state index in [1.165, 1.54) is 6.20 Å². The van der Waals surface area contributed by atoms with Gasteiger partial charge in [0.25, 0.3) is 11.5 Å². The first-order valence-electron chi connectivity index (χ1n) is 5.26. The number of nitrogens with zero attached hydrogens (tertiary/aromatic N) is 1. The Bertz CT molecular complexity index is 680. The Morgan fingerprint density at radius 2 is 2.05 bits per heavy atom. The van der Waals surface area contributed by atoms with E-state index in [-0.39, 0.29) is 16.9 Å². The molecule has 0 unspecified atom stereocenters. The van der Waals surface area contributed by atoms with Crippen LogP contribution in [0, 0.1) is 6.92 Å². The summed E-state index contributed by atoms with van der Waals surface area (Å²) in [5.74, 6) is -1.76. The van der Waals surface area contributed by atoms with Gasteiger partial charge in [-0.1, -0.05) is 0 Å². The summed E-state index contributed by atoms with van der Waals surface area (Å²) in [5.41, 5.74) is 0.105. The van der Waals surface area contributed by atoms with Crippen molar-refractivity contribution in [3.63, 3.8) is 0 Å². The molecule has 19 heavy (non-hydrogen) atoms. The zero-order valence-electron chi connectivity index (χ0n) is 9.85. The molecule has 0 aliphatic heterocycles. The van der Waals surface area contributed by atoms with Crippen LogP contribution in [0.2, 0.25) is 0 Å². The first kappa shape index (κ1) is 12.6. The lowest BCUT2D eigenvalue weighted by Gasteiger charge is -2.03. The van der Waals surface area contributed by atoms with Crippen molar-refractivity contribution in [3.05, 3.63) is 45.9 Å². The van der Waals surface area contributed by atoms with Gasteiger partial charge < -0.3 is 20.4 Å². The van der Waals surface area contributed by atoms with E-state index in [1.54, 1.807) is 6.92 Å². The number of hydrogen-bond acceptors (Lipinski definition) is 4. The molecular weight excluding hydrogens is 252 g/mol. The lowest BCUT2D eigenvalue weighted by atomic mass is 10.2. The van der Waals surface area contributed by atoms with E-state index < -0.39 is 17.4 Å². The van der Waals surface area contributed by atoms with Gasteiger partial charge >= 0.3 is 5.97 Å². The van der Waals surface area contributed by atoms with E-state index in [0.717, 1.165) is 12.4 Å². The Morgan fingerprint density at radius 1 is 1.32 bits per heavy atom. The number of aromatic nitrogens is 3. The van der Waals surface area contributed by atoms with E-state index in [9.17, 15) is 14.4 Å². The molecule has 2 heterocycles. The van der Waals surface area contributed by atoms with Crippen LogP contribution in [-0.2, 0) is 0 Å². The molecule has 0 aliphatic rings. The number of hydrogen-bond donors (Lipinski definition) is 4. The molecule has 0 fully saturated rings. The van der Waals surface area contributed by atoms with Crippen molar-refractivity contribution in [2.45, 2.75) is 6.92 Å². The van der Waals surface area contributed by atoms with Gasteiger partial charge in [-0.05, 0) is 6.92 Å². The van der Waals surface area contributed by atoms with Crippen molar-refractivity contribution in [2.75, 3.05) is 5.32 Å². The number of rotatable bonds is 3. The van der Waals surface area contributed by atoms with Crippen molar-refractivity contribution in [1.82, 2.24) is 15.0 Å². The number of H-pyrrole nitrogens is 2. The van der Waals surface area contributed by atoms with Crippen LogP contribution in [0.1, 0.15) is 26.5 Å². The zero-order chi connectivity index (χ0) is 14.0. The highest BCUT2D eigenvalue weighted by Crippen LogP contribution is 2.19. The van der Waals surface area contributed by atoms with Crippen LogP contribution in [0.3, 0.4) is 0 Å². The van der Waals surface area contributed by atoms with Crippen molar-refractivity contribution >= 4 is 17.6 Å². The summed E-state index contributed by atoms with van der Waals surface area (Å²) in [6.07, 6.45) is 3.50. The highest BCUT2D eigenvalue weighted by atomic mass is 16.4. The Morgan fingerprint density at radius 3 is 2.63 bits per heavy atom. The molecule has 2 rings (SSSR count). The highest BCUT2D eigenvalue weighted by Gasteiger charge is 2.18. The molecule has 0 aliphatic carbocycles. The van der Waals surface area contributed by atoms with Gasteiger partial charge in [0.1, 0.15) is 11.3 Å². The maximum absolute atomic E-state index is 11.8. The molecule has 1 amide bonds. The van der Waals surface area contributed by atoms with Crippen LogP contribution in [0.4, 0.5) is 5.69 Å². The SMILES string of the molecule is Cc1[nH]cc(NC(=O)c2c[nH]c(=O)cn2)c1C(=O)O. The maximum atomic E-state index is 11.8. The Kier molecular flexibility index (Phi) is 3.15. The fourth-order valence-corrected chi connectivity index (χ4v) is 1.55. The second-order valence-corrected chi connectivity index (χ2v) is 3.76. The minimum absolute atomic E-state index is 0.0159. The van der Waals surface area contributed by atoms with E-state index in [2.05, 4.69) is 20.3 Å². The average molecular weight is 262 g/mol. The number of aromatic carboxylic acids is 1. The normalized spacial score (nSPS) is 10.2. The lowest BCUT2D eigenvalue weighted by Crippen LogP contribution is -2.18. The number of carbonyl (C=O) groups excluding carboxylic acids is 1. The van der Waals surface area contributed by atoms with Crippen molar-refractivity contribution in [2.24, 2.45) is 0 Å². The molecule has 4 N–H and O–H groups in total. The number of carboxylic acid groups (broad SMARTS) is 1. The van der Waals surface area contributed by atoms with Crippen molar-refractivity contribution in [1.29, 1.82) is 0 Å². The summed E-state index contributed by atoms with van der Waals surface area (Å²) in [6.45, 7) is 1.58. The summed E-state index contributed by atoms with van der Waals surface area (Å²) in [6, 6.07) is 0. The molecule has 2 aromatic heterocycles. The predicted molar refractivity (Wildman–Crippen MR) is 65.3 cm³/mol. The van der Waals surface area contributed by atoms with Gasteiger partial charge in [-0.25, -0.2) is 9.78 Å². The van der Waals surface area contributed by atoms with Crippen LogP contribution in [0.5, 0.6) is 0 Å². The van der Waals surface area contributed by atoms with Gasteiger partial charge in [0, 0.05) is 18.1 Å². The molecule has 98 valence electrons. The molecule has 0 bridgehead atoms. The van der Waals surface area contributed by atoms with E-state index in [0.29, 0.717) is 5.69 Å². The fourth-order valence-electron chi connectivity index (χ4n) is 1.55. The van der Waals surface area contributed by atoms with Gasteiger partial charge in [0.2, 0.25) is 0 Å². The molecule has 0 saturated heterocycles. The summed E-state index contributed by atoms with van der Waals surface area (Å²) < 4.78 is 0. The van der Waals surface area contributed by atoms with Crippen LogP contribution in [0.25, 0.3) is 0 Å². The van der Waals surface area contributed by atoms with Crippen LogP contribution in [-0.4, -0.2) is 31.9 Å². The number of carboxylic acids is 1. The summed E-state index contributed by atoms with van der Waals surface area (Å²) in [4.78, 5) is 42.3. The third kappa shape index (κ3) is 2.51. The second kappa shape index (κ2) is 4.77. The third-order valence-corrected chi connectivity index (χ3v) is 2.44. The van der Waals surface area contributed by atoms with E-state index in [4.69, 9.17) is 5.11 Å². The molecule has 8 heteroatoms. The van der Waals surface area contributed by atoms with Gasteiger partial charge in [0.05, 0.1) is 11.9 Å². The zero-order valence-corrected chi connectivity index (χ0v) is 9.85. The van der Waals surface area contributed by atoms with Crippen molar-refractivity contribution in [3.8, 4) is 0 Å². The molecule has 2 aromatic rings. The topological polar surface area (TPSA) is 128 Å². The Labute approximate surface area is 106 Å². The Hall–Kier alpha value is -2.90. The summed E-state index contributed by atoms with van der Waals surface area (Å²) >= 11 is 0. The number of nitrogens with one attached hydrogen (secondary N) is 3. The molecule has 0 aromatic carbocycles. The quantitative estimate of drug-likeness (QED) is 0.634. The Balaban J connectivity index is 2.27. The molecule has 8 nitrogen and oxygen atoms in total. The number of aromatic amines is 2. The summed E-state index contributed by atoms with van der Waals surface area (Å²) in [7, 11) is 0. The smallest absolute Gasteiger partial charge is 0.339 e. The van der Waals surface area contributed by atoms with Gasteiger partial charge in [-0.3, -0.25) is 9.59 Å². The average Bonchev–Trinajstić information content (AvgIpc) is 2.71. The van der Waals surface area contributed by atoms with Crippen LogP contribution < -0.4 is 10.9 Å². The maximum Gasteiger partial charge on any atom is 0.339 e. The predicted octanol–water partition coefficient (Wildman–Crippen LogP) is 0.357. The number of anilines is 1. The number of amides is 1. The molecule has 0 saturated carbocycles. The number of carbonyl (C=O) groups is 2. The largest absolute Gasteiger partial charge is 0.478 e. The summed E-state index contributed by atoms with van der Waals surface area (Å²) in [5, 5.41) is 11.4. The molecular formula is C11H10N4O4. The molecule has 0 spiro atoms. The highest BCUT2D eigenvalue weighted by molar-refractivity contribution is 6.07. The lowest BCUT2D eigenvalue weighted by molar-refractivity contribution is 0.0697. The monoisotopic (exact) mass is 262 g/mol. The first-order chi connectivity index (χ1) is 8.99. The minimum atomic E-state index is -1.15. The fraction of sp³-hybridized carbons (Fsp3) is 0.0909. The molecule has 0 radical (unpaired) electrons. The first-order valence-corrected chi connectivity index (χ1v) is 5.26. The van der Waals surface area contributed by atoms with Gasteiger partial charge in [-0.2, -0.15) is 0 Å². The number of aryl methyl sites for hydroxylation is 1. The minimum Gasteiger partial charge on any atom is -0.478 e. The van der Waals surface area contributed by atoms with Crippen molar-refractivity contribution < 1.29 is 14.7 Å². The van der Waals surface area contributed by atoms with E-state index >= 15 is 0 Å². The van der Waals surface area contributed by atoms with Gasteiger partial charge in [-0.15, -0.1) is 0 Å². The van der Waals surface area contributed by atoms with Crippen LogP contribution >= 0.6 is 0 Å². The second-order valence-electron chi connectivity index (χ2n) is 3.76. The van der Waals surface area contributed by atoms with Crippen LogP contribution in [0.15, 0.2) is 23.4 Å². The van der Waals surface area contributed by atoms with E-state index in [1.807, 2.05) is 0 Å².